The van der Waals surface area contributed by atoms with Gasteiger partial charge >= 0.3 is 0 Å². The average molecular weight is 380 g/mol. The molecule has 2 rings (SSSR count). The van der Waals surface area contributed by atoms with Gasteiger partial charge in [-0.1, -0.05) is 23.7 Å². The minimum atomic E-state index is -0.537. The van der Waals surface area contributed by atoms with Crippen molar-refractivity contribution >= 4 is 28.9 Å². The van der Waals surface area contributed by atoms with Crippen molar-refractivity contribution in [3.63, 3.8) is 0 Å². The number of nitro benzene ring substituents is 1. The minimum absolute atomic E-state index is 0.0742. The highest BCUT2D eigenvalue weighted by Gasteiger charge is 2.20. The van der Waals surface area contributed by atoms with Gasteiger partial charge in [0.1, 0.15) is 11.5 Å². The molecule has 138 valence electrons. The highest BCUT2D eigenvalue weighted by Crippen LogP contribution is 2.30. The Hall–Kier alpha value is -2.51. The van der Waals surface area contributed by atoms with Gasteiger partial charge in [-0.15, -0.1) is 0 Å². The number of aryl methyl sites for hydroxylation is 1. The zero-order valence-corrected chi connectivity index (χ0v) is 15.4. The summed E-state index contributed by atoms with van der Waals surface area (Å²) < 4.78 is 13.8. The van der Waals surface area contributed by atoms with Crippen LogP contribution in [0.1, 0.15) is 16.7 Å². The number of benzene rings is 2. The van der Waals surface area contributed by atoms with E-state index in [0.29, 0.717) is 11.1 Å². The summed E-state index contributed by atoms with van der Waals surface area (Å²) in [7, 11) is 1.64. The van der Waals surface area contributed by atoms with Crippen molar-refractivity contribution in [3.8, 4) is 0 Å². The Balaban J connectivity index is 2.12. The molecular formula is C18H19ClFN3O3. The van der Waals surface area contributed by atoms with Crippen LogP contribution in [0.2, 0.25) is 5.02 Å². The van der Waals surface area contributed by atoms with E-state index in [1.165, 1.54) is 18.2 Å². The number of nitrogens with zero attached hydrogens (tertiary/aromatic N) is 2. The van der Waals surface area contributed by atoms with Gasteiger partial charge in [0.15, 0.2) is 0 Å². The lowest BCUT2D eigenvalue weighted by Gasteiger charge is -2.18. The van der Waals surface area contributed by atoms with Gasteiger partial charge in [-0.3, -0.25) is 19.8 Å². The number of halogens is 2. The quantitative estimate of drug-likeness (QED) is 0.606. The van der Waals surface area contributed by atoms with Crippen molar-refractivity contribution in [3.05, 3.63) is 68.0 Å². The molecule has 8 heteroatoms. The summed E-state index contributed by atoms with van der Waals surface area (Å²) in [4.78, 5) is 24.6. The molecule has 0 atom stereocenters. The van der Waals surface area contributed by atoms with Crippen LogP contribution in [0, 0.1) is 29.8 Å². The normalized spacial score (nSPS) is 10.8. The molecule has 2 aromatic carbocycles. The molecule has 0 aliphatic carbocycles. The van der Waals surface area contributed by atoms with E-state index in [0.717, 1.165) is 5.56 Å². The average Bonchev–Trinajstić information content (AvgIpc) is 2.55. The molecule has 0 unspecified atom stereocenters. The summed E-state index contributed by atoms with van der Waals surface area (Å²) in [6.45, 7) is 3.57. The van der Waals surface area contributed by atoms with Gasteiger partial charge in [0.05, 0.1) is 11.5 Å². The number of amides is 1. The maximum atomic E-state index is 13.8. The first-order chi connectivity index (χ1) is 12.2. The van der Waals surface area contributed by atoms with E-state index in [1.54, 1.807) is 37.9 Å². The number of anilines is 1. The third-order valence-electron chi connectivity index (χ3n) is 4.08. The molecular weight excluding hydrogens is 361 g/mol. The molecule has 0 aliphatic rings. The minimum Gasteiger partial charge on any atom is -0.319 e. The number of rotatable bonds is 6. The number of hydrogen-bond donors (Lipinski definition) is 1. The first-order valence-corrected chi connectivity index (χ1v) is 8.24. The van der Waals surface area contributed by atoms with E-state index in [9.17, 15) is 19.3 Å². The van der Waals surface area contributed by atoms with E-state index in [1.807, 2.05) is 0 Å². The Labute approximate surface area is 155 Å². The van der Waals surface area contributed by atoms with Crippen LogP contribution in [0.15, 0.2) is 30.3 Å². The van der Waals surface area contributed by atoms with Gasteiger partial charge in [0.25, 0.3) is 5.69 Å². The maximum Gasteiger partial charge on any atom is 0.293 e. The van der Waals surface area contributed by atoms with Crippen molar-refractivity contribution in [2.75, 3.05) is 18.9 Å². The number of carbonyl (C=O) groups excluding carboxylic acids is 1. The molecule has 1 amide bonds. The van der Waals surface area contributed by atoms with Crippen LogP contribution in [-0.4, -0.2) is 29.3 Å². The largest absolute Gasteiger partial charge is 0.319 e. The van der Waals surface area contributed by atoms with Crippen LogP contribution in [0.4, 0.5) is 15.8 Å². The number of likely N-dealkylation sites (N-methyl/N-ethyl adjacent to an activating group) is 1. The van der Waals surface area contributed by atoms with Crippen molar-refractivity contribution < 1.29 is 14.1 Å². The monoisotopic (exact) mass is 379 g/mol. The van der Waals surface area contributed by atoms with E-state index in [-0.39, 0.29) is 29.5 Å². The summed E-state index contributed by atoms with van der Waals surface area (Å²) in [5.41, 5.74) is 1.77. The van der Waals surface area contributed by atoms with Gasteiger partial charge in [-0.2, -0.15) is 0 Å². The molecule has 0 bridgehead atoms. The second-order valence-corrected chi connectivity index (χ2v) is 6.49. The lowest BCUT2D eigenvalue weighted by Crippen LogP contribution is -2.30. The summed E-state index contributed by atoms with van der Waals surface area (Å²) >= 11 is 5.99. The molecule has 0 radical (unpaired) electrons. The smallest absolute Gasteiger partial charge is 0.293 e. The first-order valence-electron chi connectivity index (χ1n) is 7.86. The molecule has 0 fully saturated rings. The Morgan fingerprint density at radius 3 is 2.62 bits per heavy atom. The SMILES string of the molecule is Cc1ccc([N+](=O)[O-])c(NC(=O)CN(C)Cc2c(F)cccc2Cl)c1C. The standard InChI is InChI=1S/C18H19ClFN3O3/c1-11-7-8-16(23(25)26)18(12(11)2)21-17(24)10-22(3)9-13-14(19)5-4-6-15(13)20/h4-8H,9-10H2,1-3H3,(H,21,24). The number of nitro groups is 1. The summed E-state index contributed by atoms with van der Waals surface area (Å²) in [6.07, 6.45) is 0. The zero-order valence-electron chi connectivity index (χ0n) is 14.7. The molecule has 26 heavy (non-hydrogen) atoms. The fraction of sp³-hybridized carbons (Fsp3) is 0.278. The van der Waals surface area contributed by atoms with Gasteiger partial charge in [-0.25, -0.2) is 4.39 Å². The third-order valence-corrected chi connectivity index (χ3v) is 4.43. The molecule has 0 saturated carbocycles. The van der Waals surface area contributed by atoms with Crippen LogP contribution in [0.5, 0.6) is 0 Å². The molecule has 0 aromatic heterocycles. The van der Waals surface area contributed by atoms with Crippen molar-refractivity contribution in [2.45, 2.75) is 20.4 Å². The van der Waals surface area contributed by atoms with Gasteiger partial charge < -0.3 is 5.32 Å². The van der Waals surface area contributed by atoms with Crippen LogP contribution < -0.4 is 5.32 Å². The Bertz CT molecular complexity index is 838. The fourth-order valence-corrected chi connectivity index (χ4v) is 2.77. The second-order valence-electron chi connectivity index (χ2n) is 6.08. The predicted octanol–water partition coefficient (Wildman–Crippen LogP) is 4.07. The van der Waals surface area contributed by atoms with Crippen molar-refractivity contribution in [1.29, 1.82) is 0 Å². The highest BCUT2D eigenvalue weighted by atomic mass is 35.5. The van der Waals surface area contributed by atoms with E-state index in [4.69, 9.17) is 11.6 Å². The van der Waals surface area contributed by atoms with Gasteiger partial charge in [-0.05, 0) is 44.2 Å². The van der Waals surface area contributed by atoms with E-state index < -0.39 is 16.6 Å². The van der Waals surface area contributed by atoms with Crippen LogP contribution in [-0.2, 0) is 11.3 Å². The summed E-state index contributed by atoms with van der Waals surface area (Å²) in [5, 5.41) is 14.1. The topological polar surface area (TPSA) is 75.5 Å². The number of hydrogen-bond acceptors (Lipinski definition) is 4. The molecule has 6 nitrogen and oxygen atoms in total. The lowest BCUT2D eigenvalue weighted by molar-refractivity contribution is -0.384. The first kappa shape index (κ1) is 19.8. The lowest BCUT2D eigenvalue weighted by atomic mass is 10.1. The van der Waals surface area contributed by atoms with Crippen LogP contribution in [0.25, 0.3) is 0 Å². The molecule has 0 heterocycles. The van der Waals surface area contributed by atoms with Gasteiger partial charge in [0.2, 0.25) is 5.91 Å². The zero-order chi connectivity index (χ0) is 19.4. The second kappa shape index (κ2) is 8.25. The molecule has 0 aliphatic heterocycles. The number of carbonyl (C=O) groups is 1. The molecule has 0 saturated heterocycles. The molecule has 0 spiro atoms. The summed E-state index contributed by atoms with van der Waals surface area (Å²) in [5.74, 6) is -0.883. The Kier molecular flexibility index (Phi) is 6.28. The van der Waals surface area contributed by atoms with Crippen molar-refractivity contribution in [2.24, 2.45) is 0 Å². The number of nitrogens with one attached hydrogen (secondary N) is 1. The maximum absolute atomic E-state index is 13.8. The van der Waals surface area contributed by atoms with Gasteiger partial charge in [0, 0.05) is 23.2 Å². The predicted molar refractivity (Wildman–Crippen MR) is 98.9 cm³/mol. The van der Waals surface area contributed by atoms with E-state index in [2.05, 4.69) is 5.32 Å². The molecule has 2 aromatic rings. The van der Waals surface area contributed by atoms with Crippen molar-refractivity contribution in [1.82, 2.24) is 4.90 Å². The fourth-order valence-electron chi connectivity index (χ4n) is 2.54. The van der Waals surface area contributed by atoms with Crippen LogP contribution in [0.3, 0.4) is 0 Å². The Morgan fingerprint density at radius 1 is 1.31 bits per heavy atom. The van der Waals surface area contributed by atoms with Crippen LogP contribution >= 0.6 is 11.6 Å². The molecule has 1 N–H and O–H groups in total. The summed E-state index contributed by atoms with van der Waals surface area (Å²) in [6, 6.07) is 7.38. The third kappa shape index (κ3) is 4.56. The Morgan fingerprint density at radius 2 is 2.00 bits per heavy atom. The van der Waals surface area contributed by atoms with E-state index >= 15 is 0 Å². The highest BCUT2D eigenvalue weighted by molar-refractivity contribution is 6.31.